The standard InChI is InChI=1S/C22H22FN3O4S/c23-16-5-8-18(9-6-16)31(28,29)26-11-1-2-15(13-26)21(27)24-17-7-10-20-19(12-17)25-22(30-20)14-3-4-14/h5-10,12,14-15H,1-4,11,13H2,(H,24,27)/t15-/m1/s1. The first-order valence-electron chi connectivity index (χ1n) is 10.4. The van der Waals surface area contributed by atoms with E-state index in [0.717, 1.165) is 30.9 Å². The molecular weight excluding hydrogens is 421 g/mol. The second kappa shape index (κ2) is 7.72. The van der Waals surface area contributed by atoms with Gasteiger partial charge in [0.05, 0.1) is 10.8 Å². The number of nitrogens with zero attached hydrogens (tertiary/aromatic N) is 2. The van der Waals surface area contributed by atoms with E-state index in [9.17, 15) is 17.6 Å². The van der Waals surface area contributed by atoms with Crippen LogP contribution in [0.5, 0.6) is 0 Å². The first-order chi connectivity index (χ1) is 14.9. The summed E-state index contributed by atoms with van der Waals surface area (Å²) < 4.78 is 46.0. The number of hydrogen-bond donors (Lipinski definition) is 1. The zero-order valence-corrected chi connectivity index (χ0v) is 17.6. The SMILES string of the molecule is O=C(Nc1ccc2oc(C3CC3)nc2c1)[C@@H]1CCCN(S(=O)(=O)c2ccc(F)cc2)C1. The molecule has 0 bridgehead atoms. The van der Waals surface area contributed by atoms with Gasteiger partial charge < -0.3 is 9.73 Å². The topological polar surface area (TPSA) is 92.5 Å². The first-order valence-corrected chi connectivity index (χ1v) is 11.8. The number of carbonyl (C=O) groups excluding carboxylic acids is 1. The molecule has 1 aliphatic heterocycles. The van der Waals surface area contributed by atoms with Crippen molar-refractivity contribution in [1.82, 2.24) is 9.29 Å². The Morgan fingerprint density at radius 1 is 1.13 bits per heavy atom. The van der Waals surface area contributed by atoms with Crippen LogP contribution in [0.15, 0.2) is 51.8 Å². The normalized spacial score (nSPS) is 20.1. The lowest BCUT2D eigenvalue weighted by molar-refractivity contribution is -0.120. The number of hydrogen-bond acceptors (Lipinski definition) is 5. The molecule has 1 saturated carbocycles. The second-order valence-corrected chi connectivity index (χ2v) is 10.1. The second-order valence-electron chi connectivity index (χ2n) is 8.15. The Morgan fingerprint density at radius 3 is 2.65 bits per heavy atom. The number of benzene rings is 2. The van der Waals surface area contributed by atoms with Gasteiger partial charge in [0.15, 0.2) is 11.5 Å². The third kappa shape index (κ3) is 4.07. The van der Waals surface area contributed by atoms with Crippen molar-refractivity contribution in [3.63, 3.8) is 0 Å². The third-order valence-electron chi connectivity index (χ3n) is 5.80. The Labute approximate surface area is 179 Å². The molecule has 3 aromatic rings. The maximum Gasteiger partial charge on any atom is 0.243 e. The molecule has 1 atom stereocenters. The molecule has 1 amide bonds. The van der Waals surface area contributed by atoms with Crippen molar-refractivity contribution in [2.45, 2.75) is 36.5 Å². The lowest BCUT2D eigenvalue weighted by Crippen LogP contribution is -2.43. The largest absolute Gasteiger partial charge is 0.440 e. The number of amides is 1. The Bertz CT molecular complexity index is 1240. The zero-order chi connectivity index (χ0) is 21.6. The van der Waals surface area contributed by atoms with Crippen LogP contribution in [-0.4, -0.2) is 36.7 Å². The fourth-order valence-corrected chi connectivity index (χ4v) is 5.43. The van der Waals surface area contributed by atoms with Crippen LogP contribution in [0.25, 0.3) is 11.1 Å². The van der Waals surface area contributed by atoms with E-state index in [4.69, 9.17) is 4.42 Å². The highest BCUT2D eigenvalue weighted by Gasteiger charge is 2.33. The van der Waals surface area contributed by atoms with E-state index < -0.39 is 21.8 Å². The molecule has 1 N–H and O–H groups in total. The molecule has 0 spiro atoms. The van der Waals surface area contributed by atoms with E-state index in [1.807, 2.05) is 0 Å². The van der Waals surface area contributed by atoms with Gasteiger partial charge in [-0.2, -0.15) is 4.31 Å². The molecule has 2 aliphatic rings. The minimum atomic E-state index is -3.78. The van der Waals surface area contributed by atoms with Crippen molar-refractivity contribution in [3.05, 3.63) is 54.2 Å². The number of piperidine rings is 1. The summed E-state index contributed by atoms with van der Waals surface area (Å²) >= 11 is 0. The van der Waals surface area contributed by atoms with Crippen LogP contribution >= 0.6 is 0 Å². The fourth-order valence-electron chi connectivity index (χ4n) is 3.90. The molecule has 1 aliphatic carbocycles. The summed E-state index contributed by atoms with van der Waals surface area (Å²) in [5.41, 5.74) is 1.99. The van der Waals surface area contributed by atoms with Gasteiger partial charge in [0.1, 0.15) is 11.3 Å². The average Bonchev–Trinajstić information content (AvgIpc) is 3.53. The Balaban J connectivity index is 1.29. The predicted molar refractivity (Wildman–Crippen MR) is 112 cm³/mol. The fraction of sp³-hybridized carbons (Fsp3) is 0.364. The van der Waals surface area contributed by atoms with Crippen LogP contribution in [-0.2, 0) is 14.8 Å². The van der Waals surface area contributed by atoms with Gasteiger partial charge in [0, 0.05) is 24.7 Å². The summed E-state index contributed by atoms with van der Waals surface area (Å²) in [6.07, 6.45) is 3.36. The minimum absolute atomic E-state index is 0.0258. The number of nitrogens with one attached hydrogen (secondary N) is 1. The molecule has 7 nitrogen and oxygen atoms in total. The number of carbonyl (C=O) groups is 1. The average molecular weight is 444 g/mol. The molecule has 2 heterocycles. The summed E-state index contributed by atoms with van der Waals surface area (Å²) in [5, 5.41) is 2.89. The summed E-state index contributed by atoms with van der Waals surface area (Å²) in [7, 11) is -3.78. The lowest BCUT2D eigenvalue weighted by Gasteiger charge is -2.31. The molecule has 5 rings (SSSR count). The number of halogens is 1. The molecular formula is C22H22FN3O4S. The summed E-state index contributed by atoms with van der Waals surface area (Å²) in [6, 6.07) is 10.1. The van der Waals surface area contributed by atoms with Crippen molar-refractivity contribution in [2.75, 3.05) is 18.4 Å². The molecule has 162 valence electrons. The van der Waals surface area contributed by atoms with E-state index in [1.165, 1.54) is 16.4 Å². The van der Waals surface area contributed by atoms with E-state index >= 15 is 0 Å². The quantitative estimate of drug-likeness (QED) is 0.646. The van der Waals surface area contributed by atoms with Crippen molar-refractivity contribution < 1.29 is 22.0 Å². The number of fused-ring (bicyclic) bond motifs is 1. The number of oxazole rings is 1. The zero-order valence-electron chi connectivity index (χ0n) is 16.8. The molecule has 31 heavy (non-hydrogen) atoms. The van der Waals surface area contributed by atoms with E-state index in [2.05, 4.69) is 10.3 Å². The Hall–Kier alpha value is -2.78. The van der Waals surface area contributed by atoms with Crippen molar-refractivity contribution >= 4 is 32.7 Å². The number of sulfonamides is 1. The smallest absolute Gasteiger partial charge is 0.243 e. The summed E-state index contributed by atoms with van der Waals surface area (Å²) in [5.74, 6) is -0.0550. The van der Waals surface area contributed by atoms with E-state index in [-0.39, 0.29) is 17.3 Å². The molecule has 1 aromatic heterocycles. The van der Waals surface area contributed by atoms with Gasteiger partial charge in [0.2, 0.25) is 15.9 Å². The van der Waals surface area contributed by atoms with Crippen molar-refractivity contribution in [3.8, 4) is 0 Å². The Kier molecular flexibility index (Phi) is 5.02. The van der Waals surface area contributed by atoms with Gasteiger partial charge in [0.25, 0.3) is 0 Å². The van der Waals surface area contributed by atoms with E-state index in [1.54, 1.807) is 18.2 Å². The van der Waals surface area contributed by atoms with Crippen molar-refractivity contribution in [2.24, 2.45) is 5.92 Å². The van der Waals surface area contributed by atoms with Crippen LogP contribution in [0.2, 0.25) is 0 Å². The van der Waals surface area contributed by atoms with Gasteiger partial charge >= 0.3 is 0 Å². The molecule has 2 aromatic carbocycles. The summed E-state index contributed by atoms with van der Waals surface area (Å²) in [6.45, 7) is 0.419. The van der Waals surface area contributed by atoms with Crippen LogP contribution in [0.1, 0.15) is 37.5 Å². The number of aromatic nitrogens is 1. The number of rotatable bonds is 5. The van der Waals surface area contributed by atoms with Crippen molar-refractivity contribution in [1.29, 1.82) is 0 Å². The monoisotopic (exact) mass is 443 g/mol. The van der Waals surface area contributed by atoms with Crippen LogP contribution < -0.4 is 5.32 Å². The Morgan fingerprint density at radius 2 is 1.90 bits per heavy atom. The highest BCUT2D eigenvalue weighted by molar-refractivity contribution is 7.89. The summed E-state index contributed by atoms with van der Waals surface area (Å²) in [4.78, 5) is 17.4. The van der Waals surface area contributed by atoms with Gasteiger partial charge in [-0.25, -0.2) is 17.8 Å². The highest BCUT2D eigenvalue weighted by atomic mass is 32.2. The minimum Gasteiger partial charge on any atom is -0.440 e. The van der Waals surface area contributed by atoms with Gasteiger partial charge in [-0.1, -0.05) is 0 Å². The van der Waals surface area contributed by atoms with Crippen LogP contribution in [0.4, 0.5) is 10.1 Å². The van der Waals surface area contributed by atoms with Gasteiger partial charge in [-0.3, -0.25) is 4.79 Å². The number of anilines is 1. The maximum absolute atomic E-state index is 13.2. The van der Waals surface area contributed by atoms with Gasteiger partial charge in [-0.05, 0) is 68.1 Å². The third-order valence-corrected chi connectivity index (χ3v) is 7.68. The predicted octanol–water partition coefficient (Wildman–Crippen LogP) is 3.88. The van der Waals surface area contributed by atoms with E-state index in [0.29, 0.717) is 42.1 Å². The molecule has 2 fully saturated rings. The first kappa shape index (κ1) is 20.1. The molecule has 0 unspecified atom stereocenters. The highest BCUT2D eigenvalue weighted by Crippen LogP contribution is 2.40. The lowest BCUT2D eigenvalue weighted by atomic mass is 9.98. The maximum atomic E-state index is 13.2. The van der Waals surface area contributed by atoms with Crippen LogP contribution in [0, 0.1) is 11.7 Å². The molecule has 9 heteroatoms. The molecule has 1 saturated heterocycles. The van der Waals surface area contributed by atoms with Crippen LogP contribution in [0.3, 0.4) is 0 Å². The molecule has 0 radical (unpaired) electrons. The van der Waals surface area contributed by atoms with Gasteiger partial charge in [-0.15, -0.1) is 0 Å².